The topological polar surface area (TPSA) is 48.5 Å². The zero-order chi connectivity index (χ0) is 38.9. The van der Waals surface area contributed by atoms with Gasteiger partial charge in [0.25, 0.3) is 0 Å². The van der Waals surface area contributed by atoms with Gasteiger partial charge in [-0.2, -0.15) is 9.97 Å². The lowest BCUT2D eigenvalue weighted by Crippen LogP contribution is -2.44. The van der Waals surface area contributed by atoms with Crippen LogP contribution in [0.15, 0.2) is 158 Å². The van der Waals surface area contributed by atoms with Crippen molar-refractivity contribution in [2.75, 3.05) is 0 Å². The highest BCUT2D eigenvalue weighted by Gasteiger charge is 2.49. The maximum atomic E-state index is 5.29. The molecule has 2 atom stereocenters. The van der Waals surface area contributed by atoms with Gasteiger partial charge >= 0.3 is 0 Å². The van der Waals surface area contributed by atoms with E-state index in [0.717, 1.165) is 34.1 Å². The van der Waals surface area contributed by atoms with Gasteiger partial charge in [-0.3, -0.25) is 4.57 Å². The van der Waals surface area contributed by atoms with Gasteiger partial charge in [0.05, 0.1) is 27.8 Å². The lowest BCUT2D eigenvalue weighted by molar-refractivity contribution is 0.244. The first-order chi connectivity index (χ1) is 28.3. The van der Waals surface area contributed by atoms with Crippen LogP contribution in [0.3, 0.4) is 0 Å². The Bertz CT molecular complexity index is 3300. The van der Waals surface area contributed by atoms with E-state index in [1.165, 1.54) is 60.5 Å². The molecule has 12 rings (SSSR count). The molecule has 7 aromatic carbocycles. The Labute approximate surface area is 337 Å². The molecule has 3 aromatic heterocycles. The van der Waals surface area contributed by atoms with Gasteiger partial charge in [0, 0.05) is 38.1 Å². The largest absolute Gasteiger partial charge is 0.309 e. The fraction of sp³-hybridized carbons (Fsp3) is 0.151. The minimum atomic E-state index is -0.0910. The molecule has 10 aromatic rings. The molecule has 0 N–H and O–H groups in total. The molecule has 5 heteroatoms. The first-order valence-corrected chi connectivity index (χ1v) is 20.4. The van der Waals surface area contributed by atoms with Crippen LogP contribution in [0.5, 0.6) is 0 Å². The lowest BCUT2D eigenvalue weighted by Gasteiger charge is -2.50. The van der Waals surface area contributed by atoms with Crippen LogP contribution in [-0.2, 0) is 10.8 Å². The standard InChI is InChI=1S/C53H41N5/c1-32-31-53(4)40-22-13-20-38-46-42(57(48(38)40)44-24-14-21-39(47(44)53)52(32,2)3)29-30-43-45(46)37-19-11-12-23-41(37)58(43)51-55-49(35-17-9-6-10-18-35)54-50(56-51)36-27-25-34(26-28-36)33-15-7-5-8-16-33/h5-30,32H,31H2,1-4H3. The fourth-order valence-electron chi connectivity index (χ4n) is 10.6. The lowest BCUT2D eigenvalue weighted by atomic mass is 9.54. The number of benzene rings is 7. The van der Waals surface area contributed by atoms with Crippen molar-refractivity contribution in [1.82, 2.24) is 24.1 Å². The third kappa shape index (κ3) is 4.44. The Balaban J connectivity index is 1.14. The summed E-state index contributed by atoms with van der Waals surface area (Å²) >= 11 is 0. The highest BCUT2D eigenvalue weighted by Crippen LogP contribution is 2.58. The monoisotopic (exact) mass is 747 g/mol. The Morgan fingerprint density at radius 3 is 1.78 bits per heavy atom. The number of aromatic nitrogens is 5. The van der Waals surface area contributed by atoms with Crippen molar-refractivity contribution in [2.45, 2.75) is 44.9 Å². The van der Waals surface area contributed by atoms with Gasteiger partial charge in [0.1, 0.15) is 0 Å². The molecule has 278 valence electrons. The molecule has 0 fully saturated rings. The SMILES string of the molecule is CC1CC2(C)c3c(cccc3C1(C)C)-n1c3ccc4c(c5ccccc5n4-c4nc(-c5ccccc5)nc(-c5ccc(-c6ccccc6)cc5)n4)c3c3cccc2c31. The summed E-state index contributed by atoms with van der Waals surface area (Å²) in [4.78, 5) is 15.7. The van der Waals surface area contributed by atoms with Gasteiger partial charge in [-0.05, 0) is 69.8 Å². The van der Waals surface area contributed by atoms with Crippen LogP contribution < -0.4 is 0 Å². The average Bonchev–Trinajstić information content (AvgIpc) is 3.79. The third-order valence-electron chi connectivity index (χ3n) is 13.8. The van der Waals surface area contributed by atoms with Crippen LogP contribution >= 0.6 is 0 Å². The maximum Gasteiger partial charge on any atom is 0.238 e. The van der Waals surface area contributed by atoms with Crippen LogP contribution in [0.1, 0.15) is 50.8 Å². The normalized spacial score (nSPS) is 18.0. The fourth-order valence-corrected chi connectivity index (χ4v) is 10.6. The van der Waals surface area contributed by atoms with Gasteiger partial charge in [0.15, 0.2) is 11.6 Å². The van der Waals surface area contributed by atoms with Crippen LogP contribution in [0.4, 0.5) is 0 Å². The van der Waals surface area contributed by atoms with Crippen molar-refractivity contribution in [3.05, 3.63) is 174 Å². The van der Waals surface area contributed by atoms with Crippen molar-refractivity contribution in [3.63, 3.8) is 0 Å². The average molecular weight is 748 g/mol. The molecular weight excluding hydrogens is 707 g/mol. The molecule has 1 aliphatic heterocycles. The summed E-state index contributed by atoms with van der Waals surface area (Å²) < 4.78 is 4.83. The molecule has 4 heterocycles. The Morgan fingerprint density at radius 1 is 0.483 bits per heavy atom. The first kappa shape index (κ1) is 33.3. The number of nitrogens with zero attached hydrogens (tertiary/aromatic N) is 5. The van der Waals surface area contributed by atoms with Crippen molar-refractivity contribution in [3.8, 4) is 45.5 Å². The zero-order valence-corrected chi connectivity index (χ0v) is 33.0. The second-order valence-corrected chi connectivity index (χ2v) is 17.2. The molecule has 2 aliphatic rings. The summed E-state index contributed by atoms with van der Waals surface area (Å²) in [6.07, 6.45) is 1.11. The summed E-state index contributed by atoms with van der Waals surface area (Å²) in [5.41, 5.74) is 14.6. The highest BCUT2D eigenvalue weighted by atomic mass is 15.2. The van der Waals surface area contributed by atoms with Gasteiger partial charge in [-0.15, -0.1) is 0 Å². The molecule has 0 amide bonds. The van der Waals surface area contributed by atoms with Crippen LogP contribution in [0.25, 0.3) is 89.2 Å². The predicted molar refractivity (Wildman–Crippen MR) is 238 cm³/mol. The van der Waals surface area contributed by atoms with E-state index < -0.39 is 0 Å². The molecule has 58 heavy (non-hydrogen) atoms. The van der Waals surface area contributed by atoms with E-state index in [1.54, 1.807) is 0 Å². The second-order valence-electron chi connectivity index (χ2n) is 17.2. The van der Waals surface area contributed by atoms with E-state index in [-0.39, 0.29) is 10.8 Å². The Morgan fingerprint density at radius 2 is 1.03 bits per heavy atom. The Kier molecular flexibility index (Phi) is 6.80. The summed E-state index contributed by atoms with van der Waals surface area (Å²) in [6, 6.07) is 56.7. The highest BCUT2D eigenvalue weighted by molar-refractivity contribution is 6.29. The molecular formula is C53H41N5. The molecule has 0 saturated heterocycles. The van der Waals surface area contributed by atoms with Crippen LogP contribution in [-0.4, -0.2) is 24.1 Å². The first-order valence-electron chi connectivity index (χ1n) is 20.4. The molecule has 0 bridgehead atoms. The van der Waals surface area contributed by atoms with Gasteiger partial charge < -0.3 is 4.57 Å². The number of hydrogen-bond donors (Lipinski definition) is 0. The molecule has 0 radical (unpaired) electrons. The second kappa shape index (κ2) is 11.8. The third-order valence-corrected chi connectivity index (χ3v) is 13.8. The van der Waals surface area contributed by atoms with Crippen molar-refractivity contribution < 1.29 is 0 Å². The molecule has 0 spiro atoms. The predicted octanol–water partition coefficient (Wildman–Crippen LogP) is 13.0. The molecule has 0 saturated carbocycles. The van der Waals surface area contributed by atoms with E-state index in [0.29, 0.717) is 23.5 Å². The maximum absolute atomic E-state index is 5.29. The van der Waals surface area contributed by atoms with E-state index in [4.69, 9.17) is 15.0 Å². The smallest absolute Gasteiger partial charge is 0.238 e. The number of fused-ring (bicyclic) bond motifs is 9. The zero-order valence-electron chi connectivity index (χ0n) is 33.0. The summed E-state index contributed by atoms with van der Waals surface area (Å²) in [5.74, 6) is 2.40. The van der Waals surface area contributed by atoms with Crippen LogP contribution in [0, 0.1) is 5.92 Å². The number of para-hydroxylation sites is 2. The summed E-state index contributed by atoms with van der Waals surface area (Å²) in [6.45, 7) is 9.81. The van der Waals surface area contributed by atoms with E-state index >= 15 is 0 Å². The minimum Gasteiger partial charge on any atom is -0.309 e. The summed E-state index contributed by atoms with van der Waals surface area (Å²) in [5, 5.41) is 4.95. The van der Waals surface area contributed by atoms with Gasteiger partial charge in [-0.25, -0.2) is 4.98 Å². The van der Waals surface area contributed by atoms with Crippen molar-refractivity contribution in [1.29, 1.82) is 0 Å². The minimum absolute atomic E-state index is 0.0752. The summed E-state index contributed by atoms with van der Waals surface area (Å²) in [7, 11) is 0. The number of hydrogen-bond acceptors (Lipinski definition) is 3. The van der Waals surface area contributed by atoms with Crippen LogP contribution in [0.2, 0.25) is 0 Å². The van der Waals surface area contributed by atoms with E-state index in [1.807, 2.05) is 24.3 Å². The van der Waals surface area contributed by atoms with Gasteiger partial charge in [-0.1, -0.05) is 161 Å². The molecule has 1 aliphatic carbocycles. The quantitative estimate of drug-likeness (QED) is 0.180. The Hall–Kier alpha value is -6.85. The van der Waals surface area contributed by atoms with Crippen molar-refractivity contribution in [2.24, 2.45) is 5.92 Å². The van der Waals surface area contributed by atoms with Gasteiger partial charge in [0.2, 0.25) is 5.95 Å². The molecule has 2 unspecified atom stereocenters. The van der Waals surface area contributed by atoms with E-state index in [2.05, 4.69) is 170 Å². The number of rotatable bonds is 4. The molecule has 5 nitrogen and oxygen atoms in total. The van der Waals surface area contributed by atoms with E-state index in [9.17, 15) is 0 Å². The van der Waals surface area contributed by atoms with Crippen molar-refractivity contribution >= 4 is 43.6 Å².